The van der Waals surface area contributed by atoms with Crippen LogP contribution < -0.4 is 10.4 Å². The van der Waals surface area contributed by atoms with E-state index in [4.69, 9.17) is 0 Å². The number of pyridine rings is 2. The van der Waals surface area contributed by atoms with Gasteiger partial charge in [0, 0.05) is 39.2 Å². The second kappa shape index (κ2) is 7.10. The average molecular weight is 444 g/mol. The molecule has 0 spiro atoms. The van der Waals surface area contributed by atoms with Gasteiger partial charge < -0.3 is 10.1 Å². The molecule has 0 radical (unpaired) electrons. The second-order valence-corrected chi connectivity index (χ2v) is 7.48. The van der Waals surface area contributed by atoms with Crippen molar-refractivity contribution in [3.05, 3.63) is 87.1 Å². The van der Waals surface area contributed by atoms with Gasteiger partial charge >= 0.3 is 0 Å². The molecule has 0 fully saturated rings. The lowest BCUT2D eigenvalue weighted by Crippen LogP contribution is -2.08. The quantitative estimate of drug-likeness (QED) is 0.497. The van der Waals surface area contributed by atoms with Crippen molar-refractivity contribution in [1.82, 2.24) is 15.0 Å². The van der Waals surface area contributed by atoms with E-state index in [-0.39, 0.29) is 5.88 Å². The highest BCUT2D eigenvalue weighted by molar-refractivity contribution is 9.10. The first kappa shape index (κ1) is 17.5. The molecule has 4 heterocycles. The molecule has 4 aromatic rings. The maximum atomic E-state index is 10.3. The molecule has 3 aromatic heterocycles. The van der Waals surface area contributed by atoms with Crippen LogP contribution in [-0.2, 0) is 0 Å². The maximum Gasteiger partial charge on any atom is 0.198 e. The molecular formula is C22H14BrN5O. The first-order chi connectivity index (χ1) is 14.2. The Labute approximate surface area is 173 Å². The predicted molar refractivity (Wildman–Crippen MR) is 116 cm³/mol. The summed E-state index contributed by atoms with van der Waals surface area (Å²) in [5, 5.41) is 21.6. The number of aromatic hydroxyl groups is 1. The van der Waals surface area contributed by atoms with Gasteiger partial charge in [0.1, 0.15) is 5.65 Å². The summed E-state index contributed by atoms with van der Waals surface area (Å²) >= 11 is 3.43. The Bertz CT molecular complexity index is 1420. The summed E-state index contributed by atoms with van der Waals surface area (Å²) in [7, 11) is 0. The van der Waals surface area contributed by atoms with Crippen LogP contribution in [0.2, 0.25) is 0 Å². The van der Waals surface area contributed by atoms with Crippen LogP contribution >= 0.6 is 15.9 Å². The van der Waals surface area contributed by atoms with E-state index in [0.29, 0.717) is 11.2 Å². The van der Waals surface area contributed by atoms with E-state index in [1.165, 1.54) is 0 Å². The van der Waals surface area contributed by atoms with Gasteiger partial charge in [-0.25, -0.2) is 4.98 Å². The molecule has 2 N–H and O–H groups in total. The number of fused-ring (bicyclic) bond motifs is 2. The van der Waals surface area contributed by atoms with E-state index in [2.05, 4.69) is 41.1 Å². The summed E-state index contributed by atoms with van der Waals surface area (Å²) in [6, 6.07) is 11.7. The van der Waals surface area contributed by atoms with E-state index in [1.54, 1.807) is 18.6 Å². The van der Waals surface area contributed by atoms with Crippen LogP contribution in [0.25, 0.3) is 28.9 Å². The van der Waals surface area contributed by atoms with Gasteiger partial charge in [-0.05, 0) is 63.1 Å². The van der Waals surface area contributed by atoms with Crippen LogP contribution in [0.15, 0.2) is 75.8 Å². The number of H-pyrrole nitrogens is 1. The minimum Gasteiger partial charge on any atom is -0.494 e. The zero-order valence-electron chi connectivity index (χ0n) is 15.0. The largest absolute Gasteiger partial charge is 0.494 e. The molecule has 6 nitrogen and oxygen atoms in total. The summed E-state index contributed by atoms with van der Waals surface area (Å²) < 4.78 is 0.848. The summed E-state index contributed by atoms with van der Waals surface area (Å²) in [5.74, 6) is 0.0828. The summed E-state index contributed by atoms with van der Waals surface area (Å²) in [5.41, 5.74) is 3.92. The Morgan fingerprint density at radius 2 is 1.97 bits per heavy atom. The van der Waals surface area contributed by atoms with Gasteiger partial charge in [-0.1, -0.05) is 18.2 Å². The molecule has 0 saturated carbocycles. The third-order valence-corrected chi connectivity index (χ3v) is 5.06. The number of azo groups is 1. The lowest BCUT2D eigenvalue weighted by atomic mass is 10.1. The molecule has 1 aliphatic rings. The minimum absolute atomic E-state index is 0.0828. The van der Waals surface area contributed by atoms with Gasteiger partial charge in [-0.15, -0.1) is 10.2 Å². The molecule has 5 rings (SSSR count). The van der Waals surface area contributed by atoms with Crippen molar-refractivity contribution in [3.63, 3.8) is 0 Å². The lowest BCUT2D eigenvalue weighted by molar-refractivity contribution is 0.457. The number of hydrogen-bond acceptors (Lipinski definition) is 5. The SMILES string of the molecule is Oc1[nH]c2ncc(Br)cc2c1/C=c1\ccc2c(c1)N=NC=2/C=C/c1cccnc1. The van der Waals surface area contributed by atoms with Gasteiger partial charge in [0.05, 0.1) is 11.4 Å². The first-order valence-corrected chi connectivity index (χ1v) is 9.69. The zero-order valence-corrected chi connectivity index (χ0v) is 16.6. The predicted octanol–water partition coefficient (Wildman–Crippen LogP) is 4.17. The van der Waals surface area contributed by atoms with Crippen LogP contribution in [0.5, 0.6) is 5.88 Å². The Hall–Kier alpha value is -3.58. The van der Waals surface area contributed by atoms with Gasteiger partial charge in [0.25, 0.3) is 0 Å². The van der Waals surface area contributed by atoms with Gasteiger partial charge in [0.15, 0.2) is 5.88 Å². The number of nitrogens with one attached hydrogen (secondary N) is 1. The molecule has 0 saturated heterocycles. The molecule has 29 heavy (non-hydrogen) atoms. The van der Waals surface area contributed by atoms with E-state index in [0.717, 1.165) is 37.2 Å². The van der Waals surface area contributed by atoms with Crippen LogP contribution in [0.1, 0.15) is 11.1 Å². The van der Waals surface area contributed by atoms with Crippen LogP contribution in [0.4, 0.5) is 5.69 Å². The Morgan fingerprint density at radius 1 is 1.03 bits per heavy atom. The highest BCUT2D eigenvalue weighted by Crippen LogP contribution is 2.28. The summed E-state index contributed by atoms with van der Waals surface area (Å²) in [6.45, 7) is 0. The van der Waals surface area contributed by atoms with E-state index >= 15 is 0 Å². The first-order valence-electron chi connectivity index (χ1n) is 8.89. The van der Waals surface area contributed by atoms with Gasteiger partial charge in [0.2, 0.25) is 0 Å². The number of nitrogens with zero attached hydrogens (tertiary/aromatic N) is 4. The van der Waals surface area contributed by atoms with Crippen molar-refractivity contribution in [1.29, 1.82) is 0 Å². The zero-order chi connectivity index (χ0) is 19.8. The van der Waals surface area contributed by atoms with Crippen LogP contribution in [0.3, 0.4) is 0 Å². The van der Waals surface area contributed by atoms with E-state index < -0.39 is 0 Å². The molecule has 0 aliphatic carbocycles. The minimum atomic E-state index is 0.0828. The molecule has 0 amide bonds. The smallest absolute Gasteiger partial charge is 0.198 e. The Kier molecular flexibility index (Phi) is 4.29. The highest BCUT2D eigenvalue weighted by Gasteiger charge is 2.11. The summed E-state index contributed by atoms with van der Waals surface area (Å²) in [6.07, 6.45) is 11.0. The molecular weight excluding hydrogens is 430 g/mol. The molecule has 140 valence electrons. The van der Waals surface area contributed by atoms with Crippen molar-refractivity contribution in [2.24, 2.45) is 10.2 Å². The Morgan fingerprint density at radius 3 is 2.83 bits per heavy atom. The molecule has 0 unspecified atom stereocenters. The Balaban J connectivity index is 1.57. The highest BCUT2D eigenvalue weighted by atomic mass is 79.9. The number of hydrogen-bond donors (Lipinski definition) is 2. The molecule has 7 heteroatoms. The third-order valence-electron chi connectivity index (χ3n) is 4.63. The van der Waals surface area contributed by atoms with Gasteiger partial charge in [-0.2, -0.15) is 0 Å². The molecule has 0 atom stereocenters. The van der Waals surface area contributed by atoms with Crippen LogP contribution in [0, 0.1) is 0 Å². The van der Waals surface area contributed by atoms with Crippen molar-refractivity contribution in [2.75, 3.05) is 0 Å². The summed E-state index contributed by atoms with van der Waals surface area (Å²) in [4.78, 5) is 11.3. The third kappa shape index (κ3) is 3.36. The number of aromatic amines is 1. The average Bonchev–Trinajstić information content (AvgIpc) is 3.28. The van der Waals surface area contributed by atoms with Crippen molar-refractivity contribution >= 4 is 50.5 Å². The number of rotatable bonds is 3. The molecule has 1 aliphatic heterocycles. The van der Waals surface area contributed by atoms with E-state index in [9.17, 15) is 5.11 Å². The fourth-order valence-corrected chi connectivity index (χ4v) is 3.57. The fraction of sp³-hybridized carbons (Fsp3) is 0. The number of benzene rings is 1. The van der Waals surface area contributed by atoms with Crippen molar-refractivity contribution < 1.29 is 5.11 Å². The van der Waals surface area contributed by atoms with E-state index in [1.807, 2.05) is 54.6 Å². The molecule has 0 bridgehead atoms. The normalized spacial score (nSPS) is 13.7. The molecule has 1 aromatic carbocycles. The topological polar surface area (TPSA) is 86.5 Å². The number of aromatic nitrogens is 3. The van der Waals surface area contributed by atoms with Crippen molar-refractivity contribution in [3.8, 4) is 5.88 Å². The van der Waals surface area contributed by atoms with Gasteiger partial charge in [-0.3, -0.25) is 4.98 Å². The fourth-order valence-electron chi connectivity index (χ4n) is 3.24. The standard InChI is InChI=1S/C22H14BrN5O/c23-15-10-17-18(22(29)26-21(17)25-12-15)8-14-3-5-16-19(27-28-20(16)9-14)6-4-13-2-1-7-24-11-13/h1-12,29H,(H,25,26)/b6-4+,14-8+. The number of halogens is 1. The maximum absolute atomic E-state index is 10.3. The monoisotopic (exact) mass is 443 g/mol. The second-order valence-electron chi connectivity index (χ2n) is 6.56. The van der Waals surface area contributed by atoms with Crippen LogP contribution in [-0.4, -0.2) is 20.1 Å². The van der Waals surface area contributed by atoms with Crippen molar-refractivity contribution in [2.45, 2.75) is 0 Å². The lowest BCUT2D eigenvalue weighted by Gasteiger charge is -1.95.